The van der Waals surface area contributed by atoms with Gasteiger partial charge in [-0.15, -0.1) is 0 Å². The average molecular weight is 280 g/mol. The summed E-state index contributed by atoms with van der Waals surface area (Å²) in [6, 6.07) is 6.80. The fourth-order valence-corrected chi connectivity index (χ4v) is 2.50. The Hall–Kier alpha value is -0.760. The van der Waals surface area contributed by atoms with Crippen molar-refractivity contribution in [2.45, 2.75) is 32.6 Å². The first-order valence-corrected chi connectivity index (χ1v) is 7.12. The highest BCUT2D eigenvalue weighted by molar-refractivity contribution is 9.09. The maximum absolute atomic E-state index is 3.50. The van der Waals surface area contributed by atoms with Crippen molar-refractivity contribution in [3.05, 3.63) is 35.5 Å². The van der Waals surface area contributed by atoms with Crippen LogP contribution in [-0.2, 0) is 12.8 Å². The van der Waals surface area contributed by atoms with E-state index >= 15 is 0 Å². The Morgan fingerprint density at radius 2 is 2.12 bits per heavy atom. The summed E-state index contributed by atoms with van der Waals surface area (Å²) in [6.07, 6.45) is 6.97. The standard InChI is InChI=1S/C14H18BrN/c1-2-3-4-11-5-6-14-13(9-11)12(7-8-15)10-16-14/h5-6,9-10,16H,2-4,7-8H2,1H3. The van der Waals surface area contributed by atoms with Crippen LogP contribution in [0.2, 0.25) is 0 Å². The van der Waals surface area contributed by atoms with E-state index in [1.807, 2.05) is 0 Å². The Labute approximate surface area is 105 Å². The average Bonchev–Trinajstić information content (AvgIpc) is 2.70. The smallest absolute Gasteiger partial charge is 0.0456 e. The monoisotopic (exact) mass is 279 g/mol. The number of H-pyrrole nitrogens is 1. The third kappa shape index (κ3) is 2.49. The molecule has 0 unspecified atom stereocenters. The van der Waals surface area contributed by atoms with Gasteiger partial charge >= 0.3 is 0 Å². The van der Waals surface area contributed by atoms with Crippen molar-refractivity contribution in [1.29, 1.82) is 0 Å². The van der Waals surface area contributed by atoms with Gasteiger partial charge in [-0.2, -0.15) is 0 Å². The summed E-state index contributed by atoms with van der Waals surface area (Å²) in [5.41, 5.74) is 4.14. The maximum Gasteiger partial charge on any atom is 0.0456 e. The van der Waals surface area contributed by atoms with Gasteiger partial charge in [0.05, 0.1) is 0 Å². The summed E-state index contributed by atoms with van der Waals surface area (Å²) in [5.74, 6) is 0. The SMILES string of the molecule is CCCCc1ccc2[nH]cc(CCBr)c2c1. The van der Waals surface area contributed by atoms with E-state index in [0.717, 1.165) is 11.8 Å². The molecule has 2 rings (SSSR count). The lowest BCUT2D eigenvalue weighted by Gasteiger charge is -2.01. The highest BCUT2D eigenvalue weighted by Gasteiger charge is 2.03. The summed E-state index contributed by atoms with van der Waals surface area (Å²) in [6.45, 7) is 2.24. The van der Waals surface area contributed by atoms with Crippen molar-refractivity contribution in [2.75, 3.05) is 5.33 Å². The number of aromatic amines is 1. The predicted molar refractivity (Wildman–Crippen MR) is 74.4 cm³/mol. The van der Waals surface area contributed by atoms with Gasteiger partial charge in [0.25, 0.3) is 0 Å². The topological polar surface area (TPSA) is 15.8 Å². The normalized spacial score (nSPS) is 11.1. The first-order valence-electron chi connectivity index (χ1n) is 6.00. The molecule has 2 heteroatoms. The molecular weight excluding hydrogens is 262 g/mol. The van der Waals surface area contributed by atoms with E-state index in [9.17, 15) is 0 Å². The van der Waals surface area contributed by atoms with E-state index in [1.165, 1.54) is 41.3 Å². The minimum atomic E-state index is 1.03. The summed E-state index contributed by atoms with van der Waals surface area (Å²) >= 11 is 3.50. The van der Waals surface area contributed by atoms with E-state index in [0.29, 0.717) is 0 Å². The van der Waals surface area contributed by atoms with Crippen LogP contribution in [0.3, 0.4) is 0 Å². The molecule has 0 saturated carbocycles. The van der Waals surface area contributed by atoms with Gasteiger partial charge in [-0.1, -0.05) is 35.3 Å². The second kappa shape index (κ2) is 5.53. The maximum atomic E-state index is 3.50. The first-order chi connectivity index (χ1) is 7.85. The third-order valence-corrected chi connectivity index (χ3v) is 3.41. The molecule has 0 aliphatic carbocycles. The van der Waals surface area contributed by atoms with Gasteiger partial charge in [-0.25, -0.2) is 0 Å². The van der Waals surface area contributed by atoms with Crippen LogP contribution in [0.4, 0.5) is 0 Å². The number of nitrogens with one attached hydrogen (secondary N) is 1. The number of fused-ring (bicyclic) bond motifs is 1. The molecule has 16 heavy (non-hydrogen) atoms. The van der Waals surface area contributed by atoms with Crippen LogP contribution in [0.5, 0.6) is 0 Å². The van der Waals surface area contributed by atoms with Crippen LogP contribution in [0.15, 0.2) is 24.4 Å². The molecule has 2 aromatic rings. The number of hydrogen-bond donors (Lipinski definition) is 1. The molecule has 0 aliphatic heterocycles. The highest BCUT2D eigenvalue weighted by Crippen LogP contribution is 2.21. The number of aromatic nitrogens is 1. The Bertz CT molecular complexity index is 459. The molecule has 0 atom stereocenters. The lowest BCUT2D eigenvalue weighted by atomic mass is 10.0. The molecule has 0 saturated heterocycles. The second-order valence-corrected chi connectivity index (χ2v) is 5.03. The zero-order valence-electron chi connectivity index (χ0n) is 9.72. The number of aryl methyl sites for hydroxylation is 2. The van der Waals surface area contributed by atoms with Crippen LogP contribution in [0.1, 0.15) is 30.9 Å². The van der Waals surface area contributed by atoms with Gasteiger partial charge in [-0.05, 0) is 42.5 Å². The first kappa shape index (κ1) is 11.7. The lowest BCUT2D eigenvalue weighted by molar-refractivity contribution is 0.796. The fraction of sp³-hybridized carbons (Fsp3) is 0.429. The molecule has 0 radical (unpaired) electrons. The predicted octanol–water partition coefficient (Wildman–Crippen LogP) is 4.45. The molecule has 1 aromatic carbocycles. The number of halogens is 1. The Morgan fingerprint density at radius 1 is 1.25 bits per heavy atom. The van der Waals surface area contributed by atoms with Crippen molar-refractivity contribution < 1.29 is 0 Å². The molecule has 0 amide bonds. The van der Waals surface area contributed by atoms with E-state index < -0.39 is 0 Å². The van der Waals surface area contributed by atoms with E-state index in [1.54, 1.807) is 0 Å². The van der Waals surface area contributed by atoms with Crippen molar-refractivity contribution in [3.63, 3.8) is 0 Å². The van der Waals surface area contributed by atoms with Crippen LogP contribution < -0.4 is 0 Å². The number of alkyl halides is 1. The van der Waals surface area contributed by atoms with Crippen molar-refractivity contribution in [3.8, 4) is 0 Å². The number of hydrogen-bond acceptors (Lipinski definition) is 0. The lowest BCUT2D eigenvalue weighted by Crippen LogP contribution is -1.86. The number of rotatable bonds is 5. The summed E-state index contributed by atoms with van der Waals surface area (Å²) < 4.78 is 0. The third-order valence-electron chi connectivity index (χ3n) is 3.01. The molecule has 1 aromatic heterocycles. The van der Waals surface area contributed by atoms with Gasteiger partial charge < -0.3 is 4.98 Å². The Morgan fingerprint density at radius 3 is 2.88 bits per heavy atom. The summed E-state index contributed by atoms with van der Waals surface area (Å²) in [7, 11) is 0. The van der Waals surface area contributed by atoms with Gasteiger partial charge in [-0.3, -0.25) is 0 Å². The van der Waals surface area contributed by atoms with E-state index in [-0.39, 0.29) is 0 Å². The Kier molecular flexibility index (Phi) is 4.05. The fourth-order valence-electron chi connectivity index (χ4n) is 2.07. The van der Waals surface area contributed by atoms with Gasteiger partial charge in [0.2, 0.25) is 0 Å². The van der Waals surface area contributed by atoms with E-state index in [4.69, 9.17) is 0 Å². The molecule has 1 nitrogen and oxygen atoms in total. The minimum Gasteiger partial charge on any atom is -0.361 e. The molecule has 0 bridgehead atoms. The number of benzene rings is 1. The molecule has 0 aliphatic rings. The zero-order chi connectivity index (χ0) is 11.4. The molecule has 1 N–H and O–H groups in total. The molecule has 0 spiro atoms. The second-order valence-electron chi connectivity index (χ2n) is 4.24. The molecular formula is C14H18BrN. The van der Waals surface area contributed by atoms with E-state index in [2.05, 4.69) is 52.2 Å². The quantitative estimate of drug-likeness (QED) is 0.779. The van der Waals surface area contributed by atoms with Crippen molar-refractivity contribution in [1.82, 2.24) is 4.98 Å². The van der Waals surface area contributed by atoms with Crippen LogP contribution >= 0.6 is 15.9 Å². The molecule has 86 valence electrons. The highest BCUT2D eigenvalue weighted by atomic mass is 79.9. The minimum absolute atomic E-state index is 1.03. The summed E-state index contributed by atoms with van der Waals surface area (Å²) in [5, 5.41) is 2.42. The van der Waals surface area contributed by atoms with Gasteiger partial charge in [0.15, 0.2) is 0 Å². The zero-order valence-corrected chi connectivity index (χ0v) is 11.3. The number of unbranched alkanes of at least 4 members (excludes halogenated alkanes) is 1. The van der Waals surface area contributed by atoms with Gasteiger partial charge in [0.1, 0.15) is 0 Å². The van der Waals surface area contributed by atoms with Crippen molar-refractivity contribution in [2.24, 2.45) is 0 Å². The molecule has 0 fully saturated rings. The largest absolute Gasteiger partial charge is 0.361 e. The summed E-state index contributed by atoms with van der Waals surface area (Å²) in [4.78, 5) is 3.34. The van der Waals surface area contributed by atoms with Gasteiger partial charge in [0, 0.05) is 22.4 Å². The van der Waals surface area contributed by atoms with Crippen LogP contribution in [0.25, 0.3) is 10.9 Å². The Balaban J connectivity index is 2.30. The van der Waals surface area contributed by atoms with Crippen molar-refractivity contribution >= 4 is 26.8 Å². The molecule has 1 heterocycles. The van der Waals surface area contributed by atoms with Crippen LogP contribution in [0, 0.1) is 0 Å². The van der Waals surface area contributed by atoms with Crippen LogP contribution in [-0.4, -0.2) is 10.3 Å².